The quantitative estimate of drug-likeness (QED) is 0.744. The predicted octanol–water partition coefficient (Wildman–Crippen LogP) is 1.28. The van der Waals surface area contributed by atoms with E-state index in [2.05, 4.69) is 21.7 Å². The second-order valence-electron chi connectivity index (χ2n) is 3.71. The molecule has 0 aromatic carbocycles. The fourth-order valence-electron chi connectivity index (χ4n) is 1.65. The Morgan fingerprint density at radius 3 is 3.25 bits per heavy atom. The molecule has 82 valence electrons. The van der Waals surface area contributed by atoms with Gasteiger partial charge in [0.1, 0.15) is 11.8 Å². The number of aromatic nitrogens is 1. The maximum Gasteiger partial charge on any atom is 0.142 e. The zero-order chi connectivity index (χ0) is 11.2. The first-order valence-electron chi connectivity index (χ1n) is 5.37. The number of nitrogens with one attached hydrogen (secondary N) is 2. The highest BCUT2D eigenvalue weighted by Gasteiger charge is 2.02. The van der Waals surface area contributed by atoms with Crippen LogP contribution in [0.25, 0.3) is 0 Å². The summed E-state index contributed by atoms with van der Waals surface area (Å²) in [6.45, 7) is 2.85. The third-order valence-electron chi connectivity index (χ3n) is 2.55. The van der Waals surface area contributed by atoms with Crippen molar-refractivity contribution in [1.29, 1.82) is 5.26 Å². The van der Waals surface area contributed by atoms with Gasteiger partial charge in [0.25, 0.3) is 0 Å². The van der Waals surface area contributed by atoms with Crippen LogP contribution in [0.3, 0.4) is 0 Å². The summed E-state index contributed by atoms with van der Waals surface area (Å²) in [7, 11) is 0. The number of rotatable bonds is 3. The molecular formula is C12H14N4. The first-order valence-corrected chi connectivity index (χ1v) is 5.37. The van der Waals surface area contributed by atoms with Crippen molar-refractivity contribution >= 4 is 5.69 Å². The van der Waals surface area contributed by atoms with Gasteiger partial charge in [-0.15, -0.1) is 0 Å². The summed E-state index contributed by atoms with van der Waals surface area (Å²) in [4.78, 5) is 3.93. The van der Waals surface area contributed by atoms with Crippen LogP contribution in [0.4, 0.5) is 5.69 Å². The summed E-state index contributed by atoms with van der Waals surface area (Å²) in [5, 5.41) is 15.3. The smallest absolute Gasteiger partial charge is 0.142 e. The number of nitrogens with zero attached hydrogens (tertiary/aromatic N) is 2. The van der Waals surface area contributed by atoms with Gasteiger partial charge >= 0.3 is 0 Å². The lowest BCUT2D eigenvalue weighted by atomic mass is 10.1. The summed E-state index contributed by atoms with van der Waals surface area (Å²) in [6, 6.07) is 5.67. The molecule has 4 nitrogen and oxygen atoms in total. The predicted molar refractivity (Wildman–Crippen MR) is 63.0 cm³/mol. The molecule has 0 radical (unpaired) electrons. The first kappa shape index (κ1) is 10.7. The highest BCUT2D eigenvalue weighted by Crippen LogP contribution is 2.10. The molecule has 1 aliphatic heterocycles. The third-order valence-corrected chi connectivity index (χ3v) is 2.55. The number of hydrogen-bond acceptors (Lipinski definition) is 4. The zero-order valence-corrected chi connectivity index (χ0v) is 9.03. The Bertz CT molecular complexity index is 431. The van der Waals surface area contributed by atoms with E-state index in [1.165, 1.54) is 5.57 Å². The van der Waals surface area contributed by atoms with Gasteiger partial charge in [0, 0.05) is 25.0 Å². The van der Waals surface area contributed by atoms with E-state index in [1.54, 1.807) is 12.3 Å². The van der Waals surface area contributed by atoms with E-state index in [4.69, 9.17) is 5.26 Å². The van der Waals surface area contributed by atoms with Gasteiger partial charge in [-0.2, -0.15) is 5.26 Å². The van der Waals surface area contributed by atoms with Crippen molar-refractivity contribution < 1.29 is 0 Å². The average Bonchev–Trinajstić information content (AvgIpc) is 2.38. The summed E-state index contributed by atoms with van der Waals surface area (Å²) < 4.78 is 0. The highest BCUT2D eigenvalue weighted by molar-refractivity contribution is 5.46. The van der Waals surface area contributed by atoms with Gasteiger partial charge in [0.2, 0.25) is 0 Å². The number of hydrogen-bond donors (Lipinski definition) is 2. The van der Waals surface area contributed by atoms with Crippen molar-refractivity contribution in [2.24, 2.45) is 0 Å². The van der Waals surface area contributed by atoms with Gasteiger partial charge in [0.15, 0.2) is 0 Å². The molecule has 0 bridgehead atoms. The minimum absolute atomic E-state index is 0.448. The van der Waals surface area contributed by atoms with Crippen LogP contribution in [-0.2, 0) is 0 Å². The van der Waals surface area contributed by atoms with Crippen LogP contribution in [0.15, 0.2) is 30.0 Å². The number of anilines is 1. The fraction of sp³-hybridized carbons (Fsp3) is 0.333. The molecule has 0 amide bonds. The highest BCUT2D eigenvalue weighted by atomic mass is 14.9. The lowest BCUT2D eigenvalue weighted by Gasteiger charge is -2.15. The molecule has 0 fully saturated rings. The van der Waals surface area contributed by atoms with Crippen LogP contribution in [-0.4, -0.2) is 24.6 Å². The topological polar surface area (TPSA) is 60.7 Å². The average molecular weight is 214 g/mol. The Hall–Kier alpha value is -1.86. The Kier molecular flexibility index (Phi) is 3.52. The summed E-state index contributed by atoms with van der Waals surface area (Å²) in [6.07, 6.45) is 4.95. The standard InChI is InChI=1S/C12H14N4/c13-8-12-7-11(3-6-15-12)16-9-10-1-4-14-5-2-10/h1,3,6-7,14H,2,4-5,9H2,(H,15,16). The maximum atomic E-state index is 8.72. The molecule has 2 heterocycles. The molecule has 0 aliphatic carbocycles. The first-order chi connectivity index (χ1) is 7.88. The monoisotopic (exact) mass is 214 g/mol. The maximum absolute atomic E-state index is 8.72. The fourth-order valence-corrected chi connectivity index (χ4v) is 1.65. The molecule has 16 heavy (non-hydrogen) atoms. The van der Waals surface area contributed by atoms with Crippen LogP contribution in [0.1, 0.15) is 12.1 Å². The minimum Gasteiger partial charge on any atom is -0.381 e. The van der Waals surface area contributed by atoms with Gasteiger partial charge in [-0.25, -0.2) is 4.98 Å². The number of pyridine rings is 1. The van der Waals surface area contributed by atoms with Crippen molar-refractivity contribution in [3.8, 4) is 6.07 Å². The minimum atomic E-state index is 0.448. The third kappa shape index (κ3) is 2.81. The lowest BCUT2D eigenvalue weighted by molar-refractivity contribution is 0.698. The number of nitriles is 1. The second-order valence-corrected chi connectivity index (χ2v) is 3.71. The van der Waals surface area contributed by atoms with Gasteiger partial charge < -0.3 is 10.6 Å². The van der Waals surface area contributed by atoms with Crippen LogP contribution < -0.4 is 10.6 Å². The van der Waals surface area contributed by atoms with Crippen LogP contribution in [0, 0.1) is 11.3 Å². The van der Waals surface area contributed by atoms with E-state index in [0.29, 0.717) is 5.69 Å². The van der Waals surface area contributed by atoms with Crippen molar-refractivity contribution in [3.05, 3.63) is 35.7 Å². The zero-order valence-electron chi connectivity index (χ0n) is 9.03. The summed E-state index contributed by atoms with van der Waals surface area (Å²) in [5.74, 6) is 0. The van der Waals surface area contributed by atoms with Crippen molar-refractivity contribution in [2.75, 3.05) is 25.0 Å². The Balaban J connectivity index is 1.94. The molecule has 0 saturated carbocycles. The molecule has 1 aliphatic rings. The largest absolute Gasteiger partial charge is 0.381 e. The van der Waals surface area contributed by atoms with Gasteiger partial charge in [-0.1, -0.05) is 11.6 Å². The van der Waals surface area contributed by atoms with Gasteiger partial charge in [-0.3, -0.25) is 0 Å². The molecule has 0 atom stereocenters. The van der Waals surface area contributed by atoms with Gasteiger partial charge in [-0.05, 0) is 25.1 Å². The molecule has 1 aromatic heterocycles. The molecule has 0 spiro atoms. The SMILES string of the molecule is N#Cc1cc(NCC2=CCNCC2)ccn1. The van der Waals surface area contributed by atoms with Crippen molar-refractivity contribution in [3.63, 3.8) is 0 Å². The summed E-state index contributed by atoms with van der Waals surface area (Å²) >= 11 is 0. The molecule has 4 heteroatoms. The lowest BCUT2D eigenvalue weighted by Crippen LogP contribution is -2.23. The summed E-state index contributed by atoms with van der Waals surface area (Å²) in [5.41, 5.74) is 2.81. The van der Waals surface area contributed by atoms with E-state index >= 15 is 0 Å². The van der Waals surface area contributed by atoms with Crippen LogP contribution >= 0.6 is 0 Å². The van der Waals surface area contributed by atoms with Crippen LogP contribution in [0.2, 0.25) is 0 Å². The Labute approximate surface area is 95.0 Å². The van der Waals surface area contributed by atoms with E-state index in [1.807, 2.05) is 12.1 Å². The molecule has 0 unspecified atom stereocenters. The van der Waals surface area contributed by atoms with Crippen molar-refractivity contribution in [1.82, 2.24) is 10.3 Å². The van der Waals surface area contributed by atoms with E-state index < -0.39 is 0 Å². The molecule has 0 saturated heterocycles. The van der Waals surface area contributed by atoms with E-state index in [0.717, 1.165) is 31.7 Å². The Morgan fingerprint density at radius 1 is 1.56 bits per heavy atom. The Morgan fingerprint density at radius 2 is 2.50 bits per heavy atom. The molecule has 1 aromatic rings. The van der Waals surface area contributed by atoms with Crippen LogP contribution in [0.5, 0.6) is 0 Å². The van der Waals surface area contributed by atoms with Crippen molar-refractivity contribution in [2.45, 2.75) is 6.42 Å². The molecule has 2 rings (SSSR count). The second kappa shape index (κ2) is 5.29. The molecular weight excluding hydrogens is 200 g/mol. The normalized spacial score (nSPS) is 15.1. The van der Waals surface area contributed by atoms with E-state index in [-0.39, 0.29) is 0 Å². The van der Waals surface area contributed by atoms with E-state index in [9.17, 15) is 0 Å². The van der Waals surface area contributed by atoms with Gasteiger partial charge in [0.05, 0.1) is 0 Å². The molecule has 2 N–H and O–H groups in total.